The number of benzene rings is 6. The number of furan rings is 1. The lowest BCUT2D eigenvalue weighted by Crippen LogP contribution is -2.24. The average molecular weight is 587 g/mol. The lowest BCUT2D eigenvalue weighted by Gasteiger charge is -2.25. The first-order chi connectivity index (χ1) is 21.7. The molecule has 3 nitrogen and oxygen atoms in total. The molecule has 1 unspecified atom stereocenters. The lowest BCUT2D eigenvalue weighted by atomic mass is 9.96. The second-order valence-corrected chi connectivity index (χ2v) is 11.4. The van der Waals surface area contributed by atoms with Crippen molar-refractivity contribution < 1.29 is 4.42 Å². The maximum absolute atomic E-state index is 6.43. The van der Waals surface area contributed by atoms with Crippen molar-refractivity contribution in [3.8, 4) is 22.3 Å². The van der Waals surface area contributed by atoms with Gasteiger partial charge in [0.2, 0.25) is 0 Å². The van der Waals surface area contributed by atoms with Gasteiger partial charge in [-0.15, -0.1) is 0 Å². The van der Waals surface area contributed by atoms with Crippen molar-refractivity contribution in [1.29, 1.82) is 0 Å². The van der Waals surface area contributed by atoms with E-state index in [1.807, 2.05) is 36.4 Å². The smallest absolute Gasteiger partial charge is 0.145 e. The number of hydrogen-bond donors (Lipinski definition) is 1. The van der Waals surface area contributed by atoms with Crippen molar-refractivity contribution in [3.63, 3.8) is 0 Å². The highest BCUT2D eigenvalue weighted by Crippen LogP contribution is 2.37. The molecule has 1 N–H and O–H groups in total. The number of hydrogen-bond acceptors (Lipinski definition) is 3. The second-order valence-electron chi connectivity index (χ2n) is 11.0. The largest absolute Gasteiger partial charge is 0.455 e. The second kappa shape index (κ2) is 11.0. The normalized spacial score (nSPS) is 14.7. The van der Waals surface area contributed by atoms with Gasteiger partial charge < -0.3 is 9.73 Å². The van der Waals surface area contributed by atoms with Crippen molar-refractivity contribution in [1.82, 2.24) is 5.32 Å². The van der Waals surface area contributed by atoms with Crippen LogP contribution in [0.15, 0.2) is 161 Å². The fraction of sp³-hybridized carbons (Fsp3) is 0.0250. The molecule has 1 aliphatic heterocycles. The Morgan fingerprint density at radius 3 is 2.14 bits per heavy atom. The molecule has 1 aliphatic rings. The fourth-order valence-corrected chi connectivity index (χ4v) is 6.21. The SMILES string of the molecule is Clc1cccc(C2N=C(c3cccc(-c4ccccc4)c3)C=C(c3cccc(-c4cccc5c4oc4ccccc45)c3)N2)c1. The standard InChI is InChI=1S/C40H27ClN2O/c41-32-17-8-16-31(24-32)40-42-36(29-14-6-12-27(22-29)26-10-2-1-3-11-26)25-37(43-40)30-15-7-13-28(23-30)33-19-9-20-35-34-18-4-5-21-38(34)44-39(33)35/h1-25,40,43H. The lowest BCUT2D eigenvalue weighted by molar-refractivity contribution is 0.664. The Morgan fingerprint density at radius 2 is 1.25 bits per heavy atom. The Balaban J connectivity index is 1.24. The number of nitrogens with zero attached hydrogens (tertiary/aromatic N) is 1. The molecule has 0 saturated heterocycles. The Morgan fingerprint density at radius 1 is 0.568 bits per heavy atom. The summed E-state index contributed by atoms with van der Waals surface area (Å²) in [6.07, 6.45) is 1.85. The summed E-state index contributed by atoms with van der Waals surface area (Å²) in [7, 11) is 0. The fourth-order valence-electron chi connectivity index (χ4n) is 6.01. The maximum Gasteiger partial charge on any atom is 0.145 e. The summed E-state index contributed by atoms with van der Waals surface area (Å²) in [5.74, 6) is 0. The molecule has 0 radical (unpaired) electrons. The van der Waals surface area contributed by atoms with Crippen LogP contribution in [0.1, 0.15) is 22.9 Å². The average Bonchev–Trinajstić information content (AvgIpc) is 3.48. The first kappa shape index (κ1) is 26.3. The summed E-state index contributed by atoms with van der Waals surface area (Å²) >= 11 is 6.43. The van der Waals surface area contributed by atoms with E-state index in [9.17, 15) is 0 Å². The van der Waals surface area contributed by atoms with Crippen molar-refractivity contribution in [3.05, 3.63) is 173 Å². The minimum atomic E-state index is -0.299. The van der Waals surface area contributed by atoms with Gasteiger partial charge in [0.15, 0.2) is 0 Å². The Kier molecular flexibility index (Phi) is 6.59. The third-order valence-electron chi connectivity index (χ3n) is 8.16. The van der Waals surface area contributed by atoms with E-state index in [0.717, 1.165) is 66.7 Å². The molecule has 2 heterocycles. The molecule has 0 fully saturated rings. The topological polar surface area (TPSA) is 37.5 Å². The van der Waals surface area contributed by atoms with E-state index >= 15 is 0 Å². The van der Waals surface area contributed by atoms with E-state index in [4.69, 9.17) is 21.0 Å². The number of allylic oxidation sites excluding steroid dienone is 1. The molecule has 4 heteroatoms. The third kappa shape index (κ3) is 4.88. The molecule has 44 heavy (non-hydrogen) atoms. The van der Waals surface area contributed by atoms with E-state index in [1.165, 1.54) is 5.56 Å². The number of halogens is 1. The van der Waals surface area contributed by atoms with Gasteiger partial charge in [0, 0.05) is 32.6 Å². The molecule has 0 spiro atoms. The van der Waals surface area contributed by atoms with Gasteiger partial charge in [0.25, 0.3) is 0 Å². The summed E-state index contributed by atoms with van der Waals surface area (Å²) < 4.78 is 6.37. The Hall–Kier alpha value is -5.38. The number of nitrogens with one attached hydrogen (secondary N) is 1. The highest BCUT2D eigenvalue weighted by Gasteiger charge is 2.21. The molecule has 0 aliphatic carbocycles. The first-order valence-corrected chi connectivity index (χ1v) is 15.1. The van der Waals surface area contributed by atoms with E-state index in [1.54, 1.807) is 0 Å². The van der Waals surface area contributed by atoms with Crippen LogP contribution in [-0.4, -0.2) is 5.71 Å². The molecule has 8 rings (SSSR count). The minimum Gasteiger partial charge on any atom is -0.455 e. The van der Waals surface area contributed by atoms with E-state index in [2.05, 4.69) is 121 Å². The monoisotopic (exact) mass is 586 g/mol. The highest BCUT2D eigenvalue weighted by molar-refractivity contribution is 6.30. The zero-order valence-corrected chi connectivity index (χ0v) is 24.5. The molecule has 0 bridgehead atoms. The van der Waals surface area contributed by atoms with Crippen LogP contribution >= 0.6 is 11.6 Å². The summed E-state index contributed by atoms with van der Waals surface area (Å²) in [5, 5.41) is 6.62. The van der Waals surface area contributed by atoms with Gasteiger partial charge in [0.05, 0.1) is 5.71 Å². The van der Waals surface area contributed by atoms with Crippen LogP contribution in [0.4, 0.5) is 0 Å². The first-order valence-electron chi connectivity index (χ1n) is 14.7. The van der Waals surface area contributed by atoms with Crippen molar-refractivity contribution in [2.45, 2.75) is 6.17 Å². The van der Waals surface area contributed by atoms with Crippen LogP contribution in [0, 0.1) is 0 Å². The van der Waals surface area contributed by atoms with Gasteiger partial charge in [-0.2, -0.15) is 0 Å². The van der Waals surface area contributed by atoms with Crippen LogP contribution in [0.25, 0.3) is 49.9 Å². The predicted octanol–water partition coefficient (Wildman–Crippen LogP) is 10.7. The summed E-state index contributed by atoms with van der Waals surface area (Å²) in [6, 6.07) is 50.1. The number of rotatable bonds is 5. The van der Waals surface area contributed by atoms with Gasteiger partial charge in [-0.25, -0.2) is 0 Å². The number of fused-ring (bicyclic) bond motifs is 3. The van der Waals surface area contributed by atoms with Gasteiger partial charge in [-0.1, -0.05) is 127 Å². The molecular formula is C40H27ClN2O. The molecule has 1 aromatic heterocycles. The van der Waals surface area contributed by atoms with Crippen molar-refractivity contribution in [2.24, 2.45) is 4.99 Å². The Bertz CT molecular complexity index is 2230. The summed E-state index contributed by atoms with van der Waals surface area (Å²) in [6.45, 7) is 0. The van der Waals surface area contributed by atoms with Gasteiger partial charge >= 0.3 is 0 Å². The molecule has 0 amide bonds. The van der Waals surface area contributed by atoms with Crippen LogP contribution < -0.4 is 5.32 Å². The molecule has 7 aromatic rings. The molecule has 1 atom stereocenters. The maximum atomic E-state index is 6.43. The van der Waals surface area contributed by atoms with Gasteiger partial charge in [0.1, 0.15) is 17.3 Å². The van der Waals surface area contributed by atoms with Crippen molar-refractivity contribution in [2.75, 3.05) is 0 Å². The Labute approximate surface area is 260 Å². The minimum absolute atomic E-state index is 0.299. The van der Waals surface area contributed by atoms with Crippen LogP contribution in [-0.2, 0) is 0 Å². The molecular weight excluding hydrogens is 560 g/mol. The van der Waals surface area contributed by atoms with Gasteiger partial charge in [-0.05, 0) is 64.2 Å². The predicted molar refractivity (Wildman–Crippen MR) is 183 cm³/mol. The molecule has 6 aromatic carbocycles. The highest BCUT2D eigenvalue weighted by atomic mass is 35.5. The third-order valence-corrected chi connectivity index (χ3v) is 8.40. The molecule has 210 valence electrons. The van der Waals surface area contributed by atoms with Crippen molar-refractivity contribution >= 4 is 44.9 Å². The van der Waals surface area contributed by atoms with Gasteiger partial charge in [-0.3, -0.25) is 4.99 Å². The summed E-state index contributed by atoms with van der Waals surface area (Å²) in [5.41, 5.74) is 11.3. The zero-order chi connectivity index (χ0) is 29.5. The van der Waals surface area contributed by atoms with E-state index < -0.39 is 0 Å². The van der Waals surface area contributed by atoms with E-state index in [-0.39, 0.29) is 6.17 Å². The zero-order valence-electron chi connectivity index (χ0n) is 23.7. The summed E-state index contributed by atoms with van der Waals surface area (Å²) in [4.78, 5) is 5.18. The van der Waals surface area contributed by atoms with Crippen LogP contribution in [0.3, 0.4) is 0 Å². The van der Waals surface area contributed by atoms with Crippen LogP contribution in [0.5, 0.6) is 0 Å². The van der Waals surface area contributed by atoms with Crippen LogP contribution in [0.2, 0.25) is 5.02 Å². The quantitative estimate of drug-likeness (QED) is 0.218. The number of aliphatic imine (C=N–C) groups is 1. The van der Waals surface area contributed by atoms with E-state index in [0.29, 0.717) is 5.02 Å². The number of para-hydroxylation sites is 2. The molecule has 0 saturated carbocycles.